The monoisotopic (exact) mass is 489 g/mol. The number of hydrogen-bond acceptors (Lipinski definition) is 5. The molecule has 2 N–H and O–H groups in total. The number of carbonyl (C=O) groups excluding carboxylic acids is 1. The molecule has 0 aliphatic heterocycles. The number of halogens is 1. The summed E-state index contributed by atoms with van der Waals surface area (Å²) >= 11 is 4.72. The second kappa shape index (κ2) is 9.22. The fraction of sp³-hybridized carbons (Fsp3) is 0.364. The molecule has 1 aliphatic rings. The highest BCUT2D eigenvalue weighted by atomic mass is 79.9. The summed E-state index contributed by atoms with van der Waals surface area (Å²) in [5, 5.41) is 12.3. The molecular weight excluding hydrogens is 466 g/mol. The van der Waals surface area contributed by atoms with Crippen LogP contribution in [0.15, 0.2) is 47.2 Å². The molecule has 158 valence electrons. The van der Waals surface area contributed by atoms with E-state index < -0.39 is 12.0 Å². The zero-order chi connectivity index (χ0) is 21.9. The van der Waals surface area contributed by atoms with E-state index in [-0.39, 0.29) is 17.2 Å². The lowest BCUT2D eigenvalue weighted by atomic mass is 9.90. The fourth-order valence-electron chi connectivity index (χ4n) is 3.08. The molecule has 2 aromatic heterocycles. The van der Waals surface area contributed by atoms with Crippen LogP contribution in [-0.2, 0) is 10.2 Å². The molecule has 1 amide bonds. The molecule has 8 heteroatoms. The summed E-state index contributed by atoms with van der Waals surface area (Å²) in [4.78, 5) is 34.5. The van der Waals surface area contributed by atoms with E-state index in [1.807, 2.05) is 24.3 Å². The van der Waals surface area contributed by atoms with E-state index in [9.17, 15) is 14.7 Å². The summed E-state index contributed by atoms with van der Waals surface area (Å²) < 4.78 is 0.810. The van der Waals surface area contributed by atoms with E-state index in [0.717, 1.165) is 14.9 Å². The molecular formula is C22H24BrN3O3S. The maximum atomic E-state index is 12.6. The molecule has 0 spiro atoms. The Morgan fingerprint density at radius 2 is 2.00 bits per heavy atom. The second-order valence-corrected chi connectivity index (χ2v) is 10.3. The van der Waals surface area contributed by atoms with Crippen LogP contribution in [0.1, 0.15) is 54.0 Å². The number of carboxylic acids is 1. The number of carbonyl (C=O) groups is 2. The Bertz CT molecular complexity index is 990. The molecule has 0 radical (unpaired) electrons. The van der Waals surface area contributed by atoms with Gasteiger partial charge >= 0.3 is 5.97 Å². The topological polar surface area (TPSA) is 92.2 Å². The number of nitrogens with zero attached hydrogens (tertiary/aromatic N) is 2. The summed E-state index contributed by atoms with van der Waals surface area (Å²) in [5.74, 6) is -0.736. The molecule has 6 nitrogen and oxygen atoms in total. The summed E-state index contributed by atoms with van der Waals surface area (Å²) in [6.07, 6.45) is 10.2. The van der Waals surface area contributed by atoms with Gasteiger partial charge in [-0.05, 0) is 52.2 Å². The van der Waals surface area contributed by atoms with Crippen molar-refractivity contribution < 1.29 is 14.7 Å². The summed E-state index contributed by atoms with van der Waals surface area (Å²) in [5.41, 5.74) is 0.855. The molecule has 0 bridgehead atoms. The number of hydrogen-bond donors (Lipinski definition) is 2. The van der Waals surface area contributed by atoms with Crippen LogP contribution >= 0.6 is 27.3 Å². The van der Waals surface area contributed by atoms with Crippen molar-refractivity contribution in [2.24, 2.45) is 5.92 Å². The van der Waals surface area contributed by atoms with Gasteiger partial charge < -0.3 is 10.4 Å². The first-order valence-electron chi connectivity index (χ1n) is 9.64. The van der Waals surface area contributed by atoms with Crippen molar-refractivity contribution in [1.82, 2.24) is 15.3 Å². The van der Waals surface area contributed by atoms with Gasteiger partial charge in [-0.1, -0.05) is 39.0 Å². The first-order chi connectivity index (χ1) is 14.1. The molecule has 2 heterocycles. The zero-order valence-corrected chi connectivity index (χ0v) is 19.5. The summed E-state index contributed by atoms with van der Waals surface area (Å²) in [7, 11) is 0. The average Bonchev–Trinajstić information content (AvgIpc) is 3.19. The Morgan fingerprint density at radius 1 is 1.30 bits per heavy atom. The molecule has 0 aromatic carbocycles. The van der Waals surface area contributed by atoms with Crippen molar-refractivity contribution in [2.45, 2.75) is 45.1 Å². The minimum absolute atomic E-state index is 0.0130. The Labute approximate surface area is 188 Å². The van der Waals surface area contributed by atoms with Crippen molar-refractivity contribution in [3.8, 4) is 0 Å². The van der Waals surface area contributed by atoms with E-state index in [2.05, 4.69) is 52.0 Å². The van der Waals surface area contributed by atoms with E-state index in [0.29, 0.717) is 23.5 Å². The zero-order valence-electron chi connectivity index (χ0n) is 17.1. The van der Waals surface area contributed by atoms with Gasteiger partial charge in [0.2, 0.25) is 0 Å². The maximum absolute atomic E-state index is 12.6. The Morgan fingerprint density at radius 3 is 2.53 bits per heavy atom. The molecule has 3 rings (SSSR count). The largest absolute Gasteiger partial charge is 0.480 e. The Hall–Kier alpha value is -2.32. The third-order valence-corrected chi connectivity index (χ3v) is 6.70. The lowest BCUT2D eigenvalue weighted by Gasteiger charge is -2.21. The van der Waals surface area contributed by atoms with Crippen LogP contribution in [0.2, 0.25) is 0 Å². The fourth-order valence-corrected chi connectivity index (χ4v) is 4.25. The van der Waals surface area contributed by atoms with Crippen molar-refractivity contribution in [2.75, 3.05) is 0 Å². The maximum Gasteiger partial charge on any atom is 0.326 e. The second-order valence-electron chi connectivity index (χ2n) is 8.25. The molecule has 0 saturated carbocycles. The quantitative estimate of drug-likeness (QED) is 0.605. The standard InChI is InChI=1S/C22H24BrN3O3S/c1-22(2,3)18-9-8-17(30-18)20(27)26-16(21(28)29)10-13-4-6-14(7-5-13)19-24-11-15(23)12-25-19/h4,6-9,11-13,16H,5,10H2,1-3H3,(H,26,27)(H,28,29)/t13-,16-/m0/s1. The normalized spacial score (nSPS) is 17.3. The molecule has 0 fully saturated rings. The third-order valence-electron chi connectivity index (χ3n) is 4.78. The predicted octanol–water partition coefficient (Wildman–Crippen LogP) is 4.83. The number of allylic oxidation sites excluding steroid dienone is 4. The van der Waals surface area contributed by atoms with Gasteiger partial charge in [0, 0.05) is 22.8 Å². The molecule has 0 saturated heterocycles. The number of rotatable bonds is 6. The first kappa shape index (κ1) is 22.4. The van der Waals surface area contributed by atoms with Gasteiger partial charge in [-0.25, -0.2) is 14.8 Å². The van der Waals surface area contributed by atoms with Crippen LogP contribution in [0.25, 0.3) is 5.57 Å². The van der Waals surface area contributed by atoms with Gasteiger partial charge in [-0.2, -0.15) is 0 Å². The Balaban J connectivity index is 1.62. The van der Waals surface area contributed by atoms with Crippen LogP contribution in [-0.4, -0.2) is 33.0 Å². The van der Waals surface area contributed by atoms with E-state index in [1.165, 1.54) is 11.3 Å². The van der Waals surface area contributed by atoms with Gasteiger partial charge in [0.05, 0.1) is 9.35 Å². The molecule has 30 heavy (non-hydrogen) atoms. The van der Waals surface area contributed by atoms with Crippen LogP contribution < -0.4 is 5.32 Å². The number of aromatic nitrogens is 2. The van der Waals surface area contributed by atoms with Gasteiger partial charge in [-0.3, -0.25) is 4.79 Å². The summed E-state index contributed by atoms with van der Waals surface area (Å²) in [6.45, 7) is 6.24. The third kappa shape index (κ3) is 5.64. The summed E-state index contributed by atoms with van der Waals surface area (Å²) in [6, 6.07) is 2.73. The first-order valence-corrected chi connectivity index (χ1v) is 11.2. The van der Waals surface area contributed by atoms with E-state index in [4.69, 9.17) is 0 Å². The SMILES string of the molecule is CC(C)(C)c1ccc(C(=O)N[C@@H](C[C@H]2C=CC(c3ncc(Br)cn3)=CC2)C(=O)O)s1. The van der Waals surface area contributed by atoms with Gasteiger partial charge in [-0.15, -0.1) is 11.3 Å². The molecule has 2 aromatic rings. The van der Waals surface area contributed by atoms with Crippen LogP contribution in [0.3, 0.4) is 0 Å². The van der Waals surface area contributed by atoms with Crippen molar-refractivity contribution in [3.63, 3.8) is 0 Å². The highest BCUT2D eigenvalue weighted by molar-refractivity contribution is 9.10. The van der Waals surface area contributed by atoms with Crippen molar-refractivity contribution in [1.29, 1.82) is 0 Å². The van der Waals surface area contributed by atoms with Crippen molar-refractivity contribution >= 4 is 44.7 Å². The van der Waals surface area contributed by atoms with E-state index in [1.54, 1.807) is 18.5 Å². The number of aliphatic carboxylic acids is 1. The number of nitrogens with one attached hydrogen (secondary N) is 1. The van der Waals surface area contributed by atoms with Gasteiger partial charge in [0.15, 0.2) is 5.82 Å². The van der Waals surface area contributed by atoms with Crippen LogP contribution in [0.5, 0.6) is 0 Å². The molecule has 2 atom stereocenters. The average molecular weight is 490 g/mol. The highest BCUT2D eigenvalue weighted by Crippen LogP contribution is 2.30. The Kier molecular flexibility index (Phi) is 6.88. The number of thiophene rings is 1. The number of amides is 1. The lowest BCUT2D eigenvalue weighted by Crippen LogP contribution is -2.41. The minimum atomic E-state index is -1.03. The van der Waals surface area contributed by atoms with E-state index >= 15 is 0 Å². The smallest absolute Gasteiger partial charge is 0.326 e. The van der Waals surface area contributed by atoms with Crippen LogP contribution in [0, 0.1) is 5.92 Å². The van der Waals surface area contributed by atoms with Crippen LogP contribution in [0.4, 0.5) is 0 Å². The minimum Gasteiger partial charge on any atom is -0.480 e. The van der Waals surface area contributed by atoms with Gasteiger partial charge in [0.1, 0.15) is 6.04 Å². The molecule has 0 unspecified atom stereocenters. The highest BCUT2D eigenvalue weighted by Gasteiger charge is 2.26. The molecule has 1 aliphatic carbocycles. The lowest BCUT2D eigenvalue weighted by molar-refractivity contribution is -0.139. The van der Waals surface area contributed by atoms with Gasteiger partial charge in [0.25, 0.3) is 5.91 Å². The number of carboxylic acid groups (broad SMARTS) is 1. The predicted molar refractivity (Wildman–Crippen MR) is 121 cm³/mol. The van der Waals surface area contributed by atoms with Crippen molar-refractivity contribution in [3.05, 3.63) is 62.8 Å².